The first-order valence-corrected chi connectivity index (χ1v) is 6.76. The van der Waals surface area contributed by atoms with Gasteiger partial charge < -0.3 is 9.72 Å². The number of fused-ring (bicyclic) bond motifs is 1. The minimum Gasteiger partial charge on any atom is -0.382 e. The molecule has 2 aromatic rings. The number of para-hydroxylation sites is 1. The second-order valence-electron chi connectivity index (χ2n) is 4.58. The molecule has 0 atom stereocenters. The molecule has 108 valence electrons. The van der Waals surface area contributed by atoms with Crippen LogP contribution < -0.4 is 5.48 Å². The third-order valence-electron chi connectivity index (χ3n) is 3.10. The minimum absolute atomic E-state index is 0.0963. The van der Waals surface area contributed by atoms with E-state index in [4.69, 9.17) is 9.57 Å². The number of ether oxygens (including phenoxy) is 1. The molecule has 1 aromatic heterocycles. The zero-order valence-corrected chi connectivity index (χ0v) is 11.6. The first-order valence-electron chi connectivity index (χ1n) is 6.76. The summed E-state index contributed by atoms with van der Waals surface area (Å²) >= 11 is 0. The van der Waals surface area contributed by atoms with Crippen molar-refractivity contribution >= 4 is 16.8 Å². The zero-order valence-electron chi connectivity index (χ0n) is 11.6. The third kappa shape index (κ3) is 4.08. The van der Waals surface area contributed by atoms with Gasteiger partial charge in [0.15, 0.2) is 0 Å². The van der Waals surface area contributed by atoms with Gasteiger partial charge in [-0.15, -0.1) is 0 Å². The molecule has 5 nitrogen and oxygen atoms in total. The van der Waals surface area contributed by atoms with Gasteiger partial charge in [0.25, 0.3) is 0 Å². The first kappa shape index (κ1) is 14.6. The highest BCUT2D eigenvalue weighted by Crippen LogP contribution is 2.19. The Labute approximate surface area is 118 Å². The van der Waals surface area contributed by atoms with Crippen LogP contribution in [-0.2, 0) is 20.8 Å². The van der Waals surface area contributed by atoms with Crippen molar-refractivity contribution in [2.75, 3.05) is 20.3 Å². The largest absolute Gasteiger partial charge is 0.382 e. The Hall–Kier alpha value is -1.85. The van der Waals surface area contributed by atoms with E-state index < -0.39 is 0 Å². The quantitative estimate of drug-likeness (QED) is 0.574. The highest BCUT2D eigenvalue weighted by atomic mass is 16.7. The molecule has 2 N–H and O–H groups in total. The number of benzene rings is 1. The van der Waals surface area contributed by atoms with E-state index in [-0.39, 0.29) is 5.91 Å². The Kier molecular flexibility index (Phi) is 5.58. The average molecular weight is 276 g/mol. The van der Waals surface area contributed by atoms with Crippen molar-refractivity contribution < 1.29 is 14.4 Å². The Morgan fingerprint density at radius 3 is 3.00 bits per heavy atom. The van der Waals surface area contributed by atoms with Crippen LogP contribution in [0, 0.1) is 0 Å². The lowest BCUT2D eigenvalue weighted by molar-refractivity contribution is -0.134. The highest BCUT2D eigenvalue weighted by molar-refractivity contribution is 5.83. The Bertz CT molecular complexity index is 551. The molecule has 0 unspecified atom stereocenters. The highest BCUT2D eigenvalue weighted by Gasteiger charge is 2.05. The molecule has 1 amide bonds. The summed E-state index contributed by atoms with van der Waals surface area (Å²) in [7, 11) is 1.59. The fourth-order valence-corrected chi connectivity index (χ4v) is 2.09. The summed E-state index contributed by atoms with van der Waals surface area (Å²) in [6.45, 7) is 0.834. The molecule has 1 heterocycles. The molecule has 5 heteroatoms. The lowest BCUT2D eigenvalue weighted by Gasteiger charge is -2.05. The van der Waals surface area contributed by atoms with Crippen molar-refractivity contribution in [1.82, 2.24) is 10.5 Å². The Morgan fingerprint density at radius 1 is 1.30 bits per heavy atom. The van der Waals surface area contributed by atoms with Crippen molar-refractivity contribution in [3.8, 4) is 0 Å². The molecule has 2 rings (SSSR count). The molecule has 1 aromatic carbocycles. The standard InChI is InChI=1S/C15H20N2O3/c1-19-9-10-20-17-15(18)8-4-5-12-11-16-14-7-3-2-6-13(12)14/h2-3,6-7,11,16H,4-5,8-10H2,1H3,(H,17,18). The molecule has 0 aliphatic heterocycles. The van der Waals surface area contributed by atoms with Crippen molar-refractivity contribution in [3.05, 3.63) is 36.0 Å². The number of aryl methyl sites for hydroxylation is 1. The summed E-state index contributed by atoms with van der Waals surface area (Å²) in [5.74, 6) is -0.0963. The predicted molar refractivity (Wildman–Crippen MR) is 77.2 cm³/mol. The SMILES string of the molecule is COCCONC(=O)CCCc1c[nH]c2ccccc12. The van der Waals surface area contributed by atoms with Crippen LogP contribution >= 0.6 is 0 Å². The van der Waals surface area contributed by atoms with Crippen LogP contribution in [0.25, 0.3) is 10.9 Å². The van der Waals surface area contributed by atoms with Gasteiger partial charge in [-0.05, 0) is 24.5 Å². The summed E-state index contributed by atoms with van der Waals surface area (Å²) in [5, 5.41) is 1.23. The summed E-state index contributed by atoms with van der Waals surface area (Å²) in [4.78, 5) is 19.7. The molecule has 0 spiro atoms. The van der Waals surface area contributed by atoms with E-state index in [0.29, 0.717) is 19.6 Å². The van der Waals surface area contributed by atoms with Crippen LogP contribution in [0.1, 0.15) is 18.4 Å². The van der Waals surface area contributed by atoms with E-state index in [1.807, 2.05) is 18.3 Å². The smallest absolute Gasteiger partial charge is 0.243 e. The van der Waals surface area contributed by atoms with E-state index in [1.165, 1.54) is 10.9 Å². The van der Waals surface area contributed by atoms with E-state index in [1.54, 1.807) is 7.11 Å². The molecular weight excluding hydrogens is 256 g/mol. The monoisotopic (exact) mass is 276 g/mol. The van der Waals surface area contributed by atoms with Crippen molar-refractivity contribution in [2.24, 2.45) is 0 Å². The summed E-state index contributed by atoms with van der Waals surface area (Å²) in [6.07, 6.45) is 4.13. The second kappa shape index (κ2) is 7.67. The number of carbonyl (C=O) groups excluding carboxylic acids is 1. The van der Waals surface area contributed by atoms with Gasteiger partial charge in [-0.3, -0.25) is 9.63 Å². The van der Waals surface area contributed by atoms with Crippen LogP contribution in [-0.4, -0.2) is 31.2 Å². The third-order valence-corrected chi connectivity index (χ3v) is 3.10. The number of hydrogen-bond donors (Lipinski definition) is 2. The van der Waals surface area contributed by atoms with Crippen LogP contribution in [0.5, 0.6) is 0 Å². The normalized spacial score (nSPS) is 10.8. The van der Waals surface area contributed by atoms with Gasteiger partial charge in [-0.25, -0.2) is 5.48 Å². The van der Waals surface area contributed by atoms with Crippen molar-refractivity contribution in [3.63, 3.8) is 0 Å². The molecule has 0 aliphatic rings. The van der Waals surface area contributed by atoms with Crippen molar-refractivity contribution in [1.29, 1.82) is 0 Å². The molecule has 0 bridgehead atoms. The molecule has 0 radical (unpaired) electrons. The maximum absolute atomic E-state index is 11.5. The topological polar surface area (TPSA) is 63.4 Å². The summed E-state index contributed by atoms with van der Waals surface area (Å²) in [6, 6.07) is 8.17. The first-order chi connectivity index (χ1) is 9.81. The maximum Gasteiger partial charge on any atom is 0.243 e. The number of carbonyl (C=O) groups is 1. The molecule has 0 saturated carbocycles. The number of aromatic nitrogens is 1. The van der Waals surface area contributed by atoms with Crippen LogP contribution in [0.3, 0.4) is 0 Å². The van der Waals surface area contributed by atoms with Gasteiger partial charge in [0.05, 0.1) is 13.2 Å². The number of H-pyrrole nitrogens is 1. The number of amides is 1. The summed E-state index contributed by atoms with van der Waals surface area (Å²) in [5.41, 5.74) is 4.79. The number of nitrogens with one attached hydrogen (secondary N) is 2. The molecule has 0 aliphatic carbocycles. The van der Waals surface area contributed by atoms with Gasteiger partial charge in [0.2, 0.25) is 5.91 Å². The number of methoxy groups -OCH3 is 1. The number of rotatable bonds is 8. The second-order valence-corrected chi connectivity index (χ2v) is 4.58. The van der Waals surface area contributed by atoms with Gasteiger partial charge in [-0.2, -0.15) is 0 Å². The van der Waals surface area contributed by atoms with E-state index in [9.17, 15) is 4.79 Å². The van der Waals surface area contributed by atoms with Crippen molar-refractivity contribution in [2.45, 2.75) is 19.3 Å². The fourth-order valence-electron chi connectivity index (χ4n) is 2.09. The number of aromatic amines is 1. The number of hydrogen-bond acceptors (Lipinski definition) is 3. The number of hydroxylamine groups is 1. The average Bonchev–Trinajstić information content (AvgIpc) is 2.87. The van der Waals surface area contributed by atoms with E-state index in [0.717, 1.165) is 18.4 Å². The fraction of sp³-hybridized carbons (Fsp3) is 0.400. The maximum atomic E-state index is 11.5. The van der Waals surface area contributed by atoms with Gasteiger partial charge >= 0.3 is 0 Å². The predicted octanol–water partition coefficient (Wildman–Crippen LogP) is 2.18. The van der Waals surface area contributed by atoms with Crippen LogP contribution in [0.2, 0.25) is 0 Å². The van der Waals surface area contributed by atoms with Gasteiger partial charge in [0, 0.05) is 30.6 Å². The molecule has 20 heavy (non-hydrogen) atoms. The molecule has 0 fully saturated rings. The van der Waals surface area contributed by atoms with E-state index in [2.05, 4.69) is 22.6 Å². The van der Waals surface area contributed by atoms with Crippen LogP contribution in [0.4, 0.5) is 0 Å². The molecular formula is C15H20N2O3. The lowest BCUT2D eigenvalue weighted by Crippen LogP contribution is -2.25. The molecule has 0 saturated heterocycles. The Morgan fingerprint density at radius 2 is 2.15 bits per heavy atom. The van der Waals surface area contributed by atoms with Crippen LogP contribution in [0.15, 0.2) is 30.5 Å². The zero-order chi connectivity index (χ0) is 14.2. The van der Waals surface area contributed by atoms with Gasteiger partial charge in [-0.1, -0.05) is 18.2 Å². The minimum atomic E-state index is -0.0963. The van der Waals surface area contributed by atoms with E-state index >= 15 is 0 Å². The lowest BCUT2D eigenvalue weighted by atomic mass is 10.1. The van der Waals surface area contributed by atoms with Gasteiger partial charge in [0.1, 0.15) is 0 Å². The Balaban J connectivity index is 1.71. The summed E-state index contributed by atoms with van der Waals surface area (Å²) < 4.78 is 4.81.